The smallest absolute Gasteiger partial charge is 0.289 e. The number of nitrogens with one attached hydrogen (secondary N) is 2. The highest BCUT2D eigenvalue weighted by Gasteiger charge is 2.12. The van der Waals surface area contributed by atoms with Crippen LogP contribution in [0.25, 0.3) is 11.4 Å². The van der Waals surface area contributed by atoms with E-state index in [1.54, 1.807) is 31.4 Å². The van der Waals surface area contributed by atoms with Gasteiger partial charge < -0.3 is 8.98 Å². The third-order valence-electron chi connectivity index (χ3n) is 3.23. The Morgan fingerprint density at radius 2 is 2.27 bits per heavy atom. The average Bonchev–Trinajstić information content (AvgIpc) is 3.24. The number of aryl methyl sites for hydroxylation is 1. The Bertz CT molecular complexity index is 811. The summed E-state index contributed by atoms with van der Waals surface area (Å²) < 4.78 is 7.12. The van der Waals surface area contributed by atoms with Crippen LogP contribution < -0.4 is 5.43 Å². The van der Waals surface area contributed by atoms with Crippen LogP contribution >= 0.6 is 0 Å². The molecule has 0 aromatic carbocycles. The molecule has 0 unspecified atom stereocenters. The van der Waals surface area contributed by atoms with Crippen LogP contribution in [0.2, 0.25) is 0 Å². The van der Waals surface area contributed by atoms with Crippen LogP contribution in [0.5, 0.6) is 0 Å². The second-order valence-corrected chi connectivity index (χ2v) is 4.79. The maximum atomic E-state index is 12.1. The number of aromatic amines is 1. The number of rotatable bonds is 4. The van der Waals surface area contributed by atoms with E-state index in [0.717, 1.165) is 5.69 Å². The Balaban J connectivity index is 1.72. The van der Waals surface area contributed by atoms with Gasteiger partial charge in [0.15, 0.2) is 0 Å². The molecule has 1 amide bonds. The van der Waals surface area contributed by atoms with Gasteiger partial charge >= 0.3 is 0 Å². The van der Waals surface area contributed by atoms with E-state index in [0.29, 0.717) is 22.9 Å². The minimum absolute atomic E-state index is 0.340. The molecule has 0 saturated carbocycles. The van der Waals surface area contributed by atoms with E-state index in [2.05, 4.69) is 20.7 Å². The molecule has 0 radical (unpaired) electrons. The number of aromatic nitrogens is 3. The molecule has 7 nitrogen and oxygen atoms in total. The number of carbonyl (C=O) groups excluding carboxylic acids is 1. The quantitative estimate of drug-likeness (QED) is 0.571. The van der Waals surface area contributed by atoms with Crippen LogP contribution in [0.15, 0.2) is 52.3 Å². The molecular weight excluding hydrogens is 282 g/mol. The van der Waals surface area contributed by atoms with Crippen molar-refractivity contribution in [2.75, 3.05) is 0 Å². The van der Waals surface area contributed by atoms with Gasteiger partial charge in [0, 0.05) is 13.2 Å². The summed E-state index contributed by atoms with van der Waals surface area (Å²) in [7, 11) is 1.92. The summed E-state index contributed by atoms with van der Waals surface area (Å²) in [6.45, 7) is 1.75. The first-order valence-electron chi connectivity index (χ1n) is 6.71. The molecule has 112 valence electrons. The normalized spacial score (nSPS) is 11.6. The lowest BCUT2D eigenvalue weighted by Crippen LogP contribution is -2.19. The van der Waals surface area contributed by atoms with Crippen molar-refractivity contribution in [3.8, 4) is 11.4 Å². The summed E-state index contributed by atoms with van der Waals surface area (Å²) in [5.41, 5.74) is 5.02. The third-order valence-corrected chi connectivity index (χ3v) is 3.23. The standard InChI is InChI=1S/C15H15N5O2/c1-10(14-6-4-8-22-14)16-19-15(21)12-9-11(17-18-12)13-5-3-7-20(13)2/h3-9H,1-2H3,(H,17,18)(H,19,21)/b16-10-. The molecule has 0 fully saturated rings. The summed E-state index contributed by atoms with van der Waals surface area (Å²) >= 11 is 0. The van der Waals surface area contributed by atoms with E-state index in [1.807, 2.05) is 29.9 Å². The van der Waals surface area contributed by atoms with Gasteiger partial charge in [-0.25, -0.2) is 5.43 Å². The predicted octanol–water partition coefficient (Wildman–Crippen LogP) is 2.16. The summed E-state index contributed by atoms with van der Waals surface area (Å²) in [6.07, 6.45) is 3.47. The van der Waals surface area contributed by atoms with Gasteiger partial charge in [-0.2, -0.15) is 10.2 Å². The van der Waals surface area contributed by atoms with E-state index >= 15 is 0 Å². The van der Waals surface area contributed by atoms with Crippen molar-refractivity contribution in [1.82, 2.24) is 20.2 Å². The van der Waals surface area contributed by atoms with E-state index in [-0.39, 0.29) is 5.91 Å². The van der Waals surface area contributed by atoms with Gasteiger partial charge in [-0.3, -0.25) is 9.89 Å². The van der Waals surface area contributed by atoms with Crippen molar-refractivity contribution in [1.29, 1.82) is 0 Å². The minimum Gasteiger partial charge on any atom is -0.463 e. The van der Waals surface area contributed by atoms with Gasteiger partial charge in [-0.05, 0) is 37.3 Å². The maximum absolute atomic E-state index is 12.1. The largest absolute Gasteiger partial charge is 0.463 e. The van der Waals surface area contributed by atoms with Gasteiger partial charge in [-0.1, -0.05) is 0 Å². The molecule has 3 aromatic rings. The van der Waals surface area contributed by atoms with Crippen molar-refractivity contribution >= 4 is 11.6 Å². The molecule has 2 N–H and O–H groups in total. The van der Waals surface area contributed by atoms with Gasteiger partial charge in [0.25, 0.3) is 5.91 Å². The Morgan fingerprint density at radius 3 is 2.95 bits per heavy atom. The highest BCUT2D eigenvalue weighted by atomic mass is 16.3. The van der Waals surface area contributed by atoms with Crippen LogP contribution in [0.3, 0.4) is 0 Å². The molecule has 3 aromatic heterocycles. The lowest BCUT2D eigenvalue weighted by Gasteiger charge is -1.98. The number of hydrogen-bond acceptors (Lipinski definition) is 4. The number of H-pyrrole nitrogens is 1. The number of hydrogen-bond donors (Lipinski definition) is 2. The molecule has 7 heteroatoms. The Kier molecular flexibility index (Phi) is 3.61. The molecule has 0 spiro atoms. The zero-order chi connectivity index (χ0) is 15.5. The number of carbonyl (C=O) groups is 1. The van der Waals surface area contributed by atoms with Gasteiger partial charge in [0.2, 0.25) is 0 Å². The number of hydrazone groups is 1. The fourth-order valence-corrected chi connectivity index (χ4v) is 2.03. The van der Waals surface area contributed by atoms with Crippen molar-refractivity contribution in [2.24, 2.45) is 12.1 Å². The van der Waals surface area contributed by atoms with Crippen molar-refractivity contribution < 1.29 is 9.21 Å². The topological polar surface area (TPSA) is 88.2 Å². The molecular formula is C15H15N5O2. The van der Waals surface area contributed by atoms with E-state index in [9.17, 15) is 4.79 Å². The molecule has 0 aliphatic heterocycles. The second kappa shape index (κ2) is 5.72. The second-order valence-electron chi connectivity index (χ2n) is 4.79. The molecule has 0 aliphatic carbocycles. The maximum Gasteiger partial charge on any atom is 0.289 e. The first-order chi connectivity index (χ1) is 10.6. The van der Waals surface area contributed by atoms with Gasteiger partial charge in [0.05, 0.1) is 12.0 Å². The SMILES string of the molecule is C/C(=N/NC(=O)c1cc(-c2cccn2C)n[nH]1)c1ccco1. The Hall–Kier alpha value is -3.09. The number of nitrogens with zero attached hydrogens (tertiary/aromatic N) is 3. The zero-order valence-corrected chi connectivity index (χ0v) is 12.2. The molecule has 3 heterocycles. The molecule has 0 bridgehead atoms. The first-order valence-corrected chi connectivity index (χ1v) is 6.71. The monoisotopic (exact) mass is 297 g/mol. The van der Waals surface area contributed by atoms with E-state index in [4.69, 9.17) is 4.42 Å². The van der Waals surface area contributed by atoms with Crippen molar-refractivity contribution in [2.45, 2.75) is 6.92 Å². The molecule has 22 heavy (non-hydrogen) atoms. The highest BCUT2D eigenvalue weighted by Crippen LogP contribution is 2.17. The van der Waals surface area contributed by atoms with Crippen LogP contribution in [0, 0.1) is 0 Å². The lowest BCUT2D eigenvalue weighted by atomic mass is 10.3. The van der Waals surface area contributed by atoms with Crippen LogP contribution in [0.1, 0.15) is 23.2 Å². The Labute approximate surface area is 126 Å². The number of amides is 1. The highest BCUT2D eigenvalue weighted by molar-refractivity contribution is 5.98. The average molecular weight is 297 g/mol. The van der Waals surface area contributed by atoms with Crippen molar-refractivity contribution in [3.05, 3.63) is 54.2 Å². The predicted molar refractivity (Wildman–Crippen MR) is 81.4 cm³/mol. The van der Waals surface area contributed by atoms with E-state index < -0.39 is 0 Å². The Morgan fingerprint density at radius 1 is 1.41 bits per heavy atom. The molecule has 0 atom stereocenters. The summed E-state index contributed by atoms with van der Waals surface area (Å²) in [6, 6.07) is 9.06. The minimum atomic E-state index is -0.362. The van der Waals surface area contributed by atoms with E-state index in [1.165, 1.54) is 0 Å². The van der Waals surface area contributed by atoms with Crippen molar-refractivity contribution in [3.63, 3.8) is 0 Å². The molecule has 0 saturated heterocycles. The first kappa shape index (κ1) is 13.9. The summed E-state index contributed by atoms with van der Waals surface area (Å²) in [5, 5.41) is 10.9. The summed E-state index contributed by atoms with van der Waals surface area (Å²) in [5.74, 6) is 0.244. The van der Waals surface area contributed by atoms with Crippen LogP contribution in [-0.4, -0.2) is 26.4 Å². The van der Waals surface area contributed by atoms with Crippen LogP contribution in [-0.2, 0) is 7.05 Å². The van der Waals surface area contributed by atoms with Gasteiger partial charge in [0.1, 0.15) is 22.9 Å². The fourth-order valence-electron chi connectivity index (χ4n) is 2.03. The summed E-state index contributed by atoms with van der Waals surface area (Å²) in [4.78, 5) is 12.1. The lowest BCUT2D eigenvalue weighted by molar-refractivity contribution is 0.0950. The fraction of sp³-hybridized carbons (Fsp3) is 0.133. The van der Waals surface area contributed by atoms with Crippen LogP contribution in [0.4, 0.5) is 0 Å². The van der Waals surface area contributed by atoms with Gasteiger partial charge in [-0.15, -0.1) is 0 Å². The zero-order valence-electron chi connectivity index (χ0n) is 12.2. The number of furan rings is 1. The molecule has 0 aliphatic rings. The molecule has 3 rings (SSSR count). The third kappa shape index (κ3) is 2.69.